The van der Waals surface area contributed by atoms with Crippen molar-refractivity contribution in [2.24, 2.45) is 0 Å². The van der Waals surface area contributed by atoms with Crippen LogP contribution in [-0.4, -0.2) is 4.70 Å². The van der Waals surface area contributed by atoms with Crippen LogP contribution in [0.1, 0.15) is 191 Å². The molecule has 0 fully saturated rings. The van der Waals surface area contributed by atoms with Gasteiger partial charge in [-0.1, -0.05) is 91.7 Å². The Morgan fingerprint density at radius 2 is 0.837 bits per heavy atom. The van der Waals surface area contributed by atoms with E-state index in [0.29, 0.717) is 0 Å². The van der Waals surface area contributed by atoms with Crippen molar-refractivity contribution in [3.63, 3.8) is 0 Å². The van der Waals surface area contributed by atoms with E-state index in [1.54, 1.807) is 0 Å². The first-order valence-electron chi connectivity index (χ1n) is 20.6. The first-order chi connectivity index (χ1) is 24.0. The molecule has 278 valence electrons. The second-order valence-electron chi connectivity index (χ2n) is 14.2. The van der Waals surface area contributed by atoms with E-state index in [1.807, 2.05) is 14.4 Å². The fourth-order valence-electron chi connectivity index (χ4n) is 6.39. The molecule has 0 saturated heterocycles. The first kappa shape index (κ1) is 43.2. The van der Waals surface area contributed by atoms with Crippen LogP contribution in [0, 0.1) is 0 Å². The van der Waals surface area contributed by atoms with Gasteiger partial charge >= 0.3 is 64.8 Å². The van der Waals surface area contributed by atoms with Gasteiger partial charge in [0.25, 0.3) is 0 Å². The molecule has 2 aromatic carbocycles. The van der Waals surface area contributed by atoms with Gasteiger partial charge in [-0.3, -0.25) is 0 Å². The van der Waals surface area contributed by atoms with E-state index in [1.165, 1.54) is 139 Å². The molecule has 3 rings (SSSR count). The van der Waals surface area contributed by atoms with E-state index in [2.05, 4.69) is 90.9 Å². The average molecular weight is 714 g/mol. The second-order valence-corrected chi connectivity index (χ2v) is 15.7. The molecule has 0 atom stereocenters. The maximum atomic E-state index is 11.9. The van der Waals surface area contributed by atoms with Crippen molar-refractivity contribution in [1.82, 2.24) is 0 Å². The van der Waals surface area contributed by atoms with Crippen molar-refractivity contribution in [3.05, 3.63) is 87.0 Å². The number of nitrogens with zero attached hydrogens (tertiary/aromatic N) is 2. The fraction of sp³-hybridized carbons (Fsp3) is 0.652. The molecule has 2 aromatic rings. The van der Waals surface area contributed by atoms with Gasteiger partial charge in [0, 0.05) is 22.8 Å². The Bertz CT molecular complexity index is 1260. The van der Waals surface area contributed by atoms with E-state index >= 15 is 0 Å². The van der Waals surface area contributed by atoms with Crippen LogP contribution in [0.5, 0.6) is 0 Å². The summed E-state index contributed by atoms with van der Waals surface area (Å²) in [6.45, 7) is 15.8. The van der Waals surface area contributed by atoms with Crippen LogP contribution in [0.25, 0.3) is 16.9 Å². The van der Waals surface area contributed by atoms with E-state index in [0.717, 1.165) is 61.9 Å². The van der Waals surface area contributed by atoms with Crippen molar-refractivity contribution in [2.45, 2.75) is 194 Å². The molecule has 0 radical (unpaired) electrons. The van der Waals surface area contributed by atoms with Gasteiger partial charge in [0.2, 0.25) is 11.4 Å². The Morgan fingerprint density at radius 1 is 0.449 bits per heavy atom. The Kier molecular flexibility index (Phi) is 23.6. The molecule has 49 heavy (non-hydrogen) atoms. The van der Waals surface area contributed by atoms with Gasteiger partial charge in [-0.15, -0.1) is 0 Å². The first-order valence-corrected chi connectivity index (χ1v) is 22.0. The van der Waals surface area contributed by atoms with Gasteiger partial charge in [-0.05, 0) is 111 Å². The van der Waals surface area contributed by atoms with Gasteiger partial charge in [-0.25, -0.2) is 4.70 Å². The predicted octanol–water partition coefficient (Wildman–Crippen LogP) is 15.3. The number of unbranched alkanes of at least 4 members (excludes halogenated alkanes) is 9. The summed E-state index contributed by atoms with van der Waals surface area (Å²) in [5.74, 6) is 0. The van der Waals surface area contributed by atoms with Crippen molar-refractivity contribution in [3.8, 4) is 0 Å². The van der Waals surface area contributed by atoms with Gasteiger partial charge in [0.15, 0.2) is 0 Å². The molecule has 0 spiro atoms. The van der Waals surface area contributed by atoms with Crippen LogP contribution in [0.15, 0.2) is 48.0 Å². The summed E-state index contributed by atoms with van der Waals surface area (Å²) >= 11 is 1.94. The Balaban J connectivity index is 0.000000811. The van der Waals surface area contributed by atoms with Crippen molar-refractivity contribution < 1.29 is 19.1 Å². The molecule has 0 N–H and O–H groups in total. The van der Waals surface area contributed by atoms with E-state index in [-0.39, 0.29) is 0 Å². The van der Waals surface area contributed by atoms with E-state index in [9.17, 15) is 5.53 Å². The Morgan fingerprint density at radius 3 is 1.27 bits per heavy atom. The summed E-state index contributed by atoms with van der Waals surface area (Å²) in [4.78, 5) is 0. The van der Waals surface area contributed by atoms with Crippen LogP contribution in [0.4, 0.5) is 0 Å². The van der Waals surface area contributed by atoms with Crippen molar-refractivity contribution in [2.75, 3.05) is 0 Å². The topological polar surface area (TPSA) is 25.3 Å². The molecular formula is C46H74N2Ni. The molecule has 3 heteroatoms. The molecule has 0 amide bonds. The number of allylic oxidation sites excluding steroid dienone is 2. The SMILES string of the molecule is CCCCCc1cc(CCCC)cc(C2=CC(CCCC)=C(c3cc(CCCC)cc(CCCCC)c3)[N+]2=[N-])c1.CCC[CH2][Ni][CH2]CCC. The van der Waals surface area contributed by atoms with Crippen LogP contribution in [-0.2, 0) is 40.1 Å². The predicted molar refractivity (Wildman–Crippen MR) is 214 cm³/mol. The average Bonchev–Trinajstić information content (AvgIpc) is 3.44. The van der Waals surface area contributed by atoms with Gasteiger partial charge in [-0.2, -0.15) is 0 Å². The zero-order valence-electron chi connectivity index (χ0n) is 33.0. The van der Waals surface area contributed by atoms with E-state index in [4.69, 9.17) is 0 Å². The summed E-state index contributed by atoms with van der Waals surface area (Å²) < 4.78 is 1.54. The third-order valence-electron chi connectivity index (χ3n) is 9.46. The van der Waals surface area contributed by atoms with E-state index < -0.39 is 0 Å². The zero-order valence-corrected chi connectivity index (χ0v) is 34.0. The van der Waals surface area contributed by atoms with Crippen LogP contribution in [0.3, 0.4) is 0 Å². The molecule has 0 saturated carbocycles. The Hall–Kier alpha value is -1.99. The van der Waals surface area contributed by atoms with Crippen molar-refractivity contribution >= 4 is 11.4 Å². The van der Waals surface area contributed by atoms with Crippen LogP contribution >= 0.6 is 0 Å². The number of hydrogen-bond acceptors (Lipinski definition) is 0. The monoisotopic (exact) mass is 713 g/mol. The molecule has 2 nitrogen and oxygen atoms in total. The van der Waals surface area contributed by atoms with Gasteiger partial charge in [0.05, 0.1) is 0 Å². The quantitative estimate of drug-likeness (QED) is 0.0556. The van der Waals surface area contributed by atoms with Crippen LogP contribution in [0.2, 0.25) is 10.8 Å². The molecular weight excluding hydrogens is 639 g/mol. The normalized spacial score (nSPS) is 12.9. The van der Waals surface area contributed by atoms with Gasteiger partial charge < -0.3 is 5.53 Å². The van der Waals surface area contributed by atoms with Crippen LogP contribution < -0.4 is 0 Å². The summed E-state index contributed by atoms with van der Waals surface area (Å²) in [6, 6.07) is 14.2. The van der Waals surface area contributed by atoms with Gasteiger partial charge in [0.1, 0.15) is 0 Å². The second kappa shape index (κ2) is 26.8. The molecule has 0 unspecified atom stereocenters. The molecule has 1 heterocycles. The summed E-state index contributed by atoms with van der Waals surface area (Å²) in [5, 5.41) is 2.78. The molecule has 1 aliphatic rings. The molecule has 0 aromatic heterocycles. The minimum absolute atomic E-state index is 0.947. The van der Waals surface area contributed by atoms with Crippen molar-refractivity contribution in [1.29, 1.82) is 0 Å². The maximum absolute atomic E-state index is 11.9. The molecule has 1 aliphatic heterocycles. The zero-order chi connectivity index (χ0) is 35.7. The number of rotatable bonds is 25. The Labute approximate surface area is 310 Å². The standard InChI is InChI=1S/C38H56N2.2C4H9.Ni/c1-6-11-16-20-32-23-30(18-13-8-3)25-35(26-32)37-29-34(22-15-10-5)38(40(37)39)36-27-31(19-14-9-4)24-33(28-36)21-17-12-7-2;2*1-3-4-2;/h23-29H,6-22H2,1-5H3;2*1,3-4H2,2H3;. The summed E-state index contributed by atoms with van der Waals surface area (Å²) in [7, 11) is 0. The third kappa shape index (κ3) is 16.3. The molecule has 0 bridgehead atoms. The summed E-state index contributed by atoms with van der Waals surface area (Å²) in [5.41, 5.74) is 23.1. The number of benzene rings is 2. The minimum atomic E-state index is 0.947. The number of hydrogen-bond donors (Lipinski definition) is 0. The fourth-order valence-corrected chi connectivity index (χ4v) is 7.83. The third-order valence-corrected chi connectivity index (χ3v) is 10.9. The molecule has 0 aliphatic carbocycles. The summed E-state index contributed by atoms with van der Waals surface area (Å²) in [6.07, 6.45) is 27.8. The number of aryl methyl sites for hydroxylation is 4.